The number of carbonyl (C=O) groups excluding carboxylic acids is 1. The van der Waals surface area contributed by atoms with Crippen LogP contribution in [0.25, 0.3) is 11.0 Å². The van der Waals surface area contributed by atoms with Gasteiger partial charge in [0.15, 0.2) is 6.61 Å². The minimum atomic E-state index is -0.503. The van der Waals surface area contributed by atoms with E-state index < -0.39 is 11.6 Å². The smallest absolute Gasteiger partial charge is 0.349 e. The number of carbonyl (C=O) groups is 1. The number of ether oxygens (including phenoxy) is 2. The predicted molar refractivity (Wildman–Crippen MR) is 89.5 cm³/mol. The second kappa shape index (κ2) is 6.58. The Morgan fingerprint density at radius 2 is 1.83 bits per heavy atom. The van der Waals surface area contributed by atoms with Gasteiger partial charge in [-0.2, -0.15) is 0 Å². The molecule has 0 atom stereocenters. The maximum atomic E-state index is 11.9. The Balaban J connectivity index is 1.66. The number of fused-ring (bicyclic) bond motifs is 1. The van der Waals surface area contributed by atoms with Crippen LogP contribution in [-0.2, 0) is 4.79 Å². The van der Waals surface area contributed by atoms with Gasteiger partial charge in [0.2, 0.25) is 0 Å². The molecule has 1 aromatic heterocycles. The minimum Gasteiger partial charge on any atom is -0.482 e. The zero-order valence-corrected chi connectivity index (χ0v) is 13.4. The van der Waals surface area contributed by atoms with Crippen LogP contribution in [0.5, 0.6) is 11.5 Å². The van der Waals surface area contributed by atoms with E-state index in [1.54, 1.807) is 30.3 Å². The van der Waals surface area contributed by atoms with Crippen LogP contribution in [-0.4, -0.2) is 12.6 Å². The highest BCUT2D eigenvalue weighted by molar-refractivity contribution is 5.78. The molecule has 3 aromatic rings. The van der Waals surface area contributed by atoms with Gasteiger partial charge in [-0.25, -0.2) is 9.59 Å². The Bertz CT molecular complexity index is 955. The van der Waals surface area contributed by atoms with Gasteiger partial charge >= 0.3 is 11.6 Å². The van der Waals surface area contributed by atoms with Crippen LogP contribution in [0.4, 0.5) is 0 Å². The summed E-state index contributed by atoms with van der Waals surface area (Å²) in [5.41, 5.74) is 1.95. The molecule has 1 heterocycles. The molecule has 0 spiro atoms. The number of rotatable bonds is 4. The Morgan fingerprint density at radius 1 is 1.04 bits per heavy atom. The Kier molecular flexibility index (Phi) is 4.33. The highest BCUT2D eigenvalue weighted by Gasteiger charge is 2.09. The maximum Gasteiger partial charge on any atom is 0.349 e. The van der Waals surface area contributed by atoms with Gasteiger partial charge in [-0.05, 0) is 43.7 Å². The molecule has 122 valence electrons. The van der Waals surface area contributed by atoms with Crippen molar-refractivity contribution in [1.29, 1.82) is 0 Å². The lowest BCUT2D eigenvalue weighted by Gasteiger charge is -2.09. The number of aryl methyl sites for hydroxylation is 2. The monoisotopic (exact) mass is 324 g/mol. The van der Waals surface area contributed by atoms with E-state index in [-0.39, 0.29) is 6.61 Å². The third-order valence-electron chi connectivity index (χ3n) is 3.51. The summed E-state index contributed by atoms with van der Waals surface area (Å²) in [5.74, 6) is 0.435. The molecule has 0 bridgehead atoms. The molecule has 5 heteroatoms. The summed E-state index contributed by atoms with van der Waals surface area (Å²) in [5, 5.41) is 0.778. The molecule has 24 heavy (non-hydrogen) atoms. The third kappa shape index (κ3) is 3.63. The second-order valence-corrected chi connectivity index (χ2v) is 5.49. The third-order valence-corrected chi connectivity index (χ3v) is 3.51. The van der Waals surface area contributed by atoms with E-state index in [0.717, 1.165) is 16.5 Å². The van der Waals surface area contributed by atoms with E-state index in [4.69, 9.17) is 13.9 Å². The first-order valence-corrected chi connectivity index (χ1v) is 7.46. The van der Waals surface area contributed by atoms with E-state index in [1.807, 2.05) is 26.0 Å². The largest absolute Gasteiger partial charge is 0.482 e. The first-order chi connectivity index (χ1) is 11.5. The molecule has 2 aromatic carbocycles. The molecule has 0 aliphatic carbocycles. The highest BCUT2D eigenvalue weighted by Crippen LogP contribution is 2.21. The number of benzene rings is 2. The van der Waals surface area contributed by atoms with E-state index in [9.17, 15) is 9.59 Å². The average molecular weight is 324 g/mol. The molecular formula is C19H16O5. The van der Waals surface area contributed by atoms with Crippen LogP contribution >= 0.6 is 0 Å². The molecular weight excluding hydrogens is 308 g/mol. The molecule has 0 saturated carbocycles. The first kappa shape index (κ1) is 15.8. The molecule has 0 radical (unpaired) electrons. The van der Waals surface area contributed by atoms with Crippen LogP contribution < -0.4 is 15.1 Å². The normalized spacial score (nSPS) is 10.6. The molecule has 0 unspecified atom stereocenters. The summed E-state index contributed by atoms with van der Waals surface area (Å²) in [6.07, 6.45) is 0. The standard InChI is InChI=1S/C19H16O5/c1-12-3-7-16(13(2)9-12)23-19(21)11-22-15-6-4-14-5-8-18(20)24-17(14)10-15/h3-10H,11H2,1-2H3. The summed E-state index contributed by atoms with van der Waals surface area (Å²) < 4.78 is 15.8. The van der Waals surface area contributed by atoms with Gasteiger partial charge < -0.3 is 13.9 Å². The number of esters is 1. The van der Waals surface area contributed by atoms with E-state index in [2.05, 4.69) is 0 Å². The maximum absolute atomic E-state index is 11.9. The van der Waals surface area contributed by atoms with Crippen molar-refractivity contribution < 1.29 is 18.7 Å². The minimum absolute atomic E-state index is 0.240. The van der Waals surface area contributed by atoms with Gasteiger partial charge in [-0.1, -0.05) is 17.7 Å². The van der Waals surface area contributed by atoms with Crippen molar-refractivity contribution in [1.82, 2.24) is 0 Å². The highest BCUT2D eigenvalue weighted by atomic mass is 16.6. The van der Waals surface area contributed by atoms with Gasteiger partial charge in [-0.3, -0.25) is 0 Å². The van der Waals surface area contributed by atoms with Gasteiger partial charge in [-0.15, -0.1) is 0 Å². The Morgan fingerprint density at radius 3 is 2.62 bits per heavy atom. The van der Waals surface area contributed by atoms with Crippen molar-refractivity contribution >= 4 is 16.9 Å². The van der Waals surface area contributed by atoms with E-state index in [0.29, 0.717) is 17.1 Å². The lowest BCUT2D eigenvalue weighted by Crippen LogP contribution is -2.18. The lowest BCUT2D eigenvalue weighted by atomic mass is 10.1. The molecule has 0 saturated heterocycles. The predicted octanol–water partition coefficient (Wildman–Crippen LogP) is 3.39. The van der Waals surface area contributed by atoms with Gasteiger partial charge in [0.05, 0.1) is 0 Å². The quantitative estimate of drug-likeness (QED) is 0.418. The summed E-state index contributed by atoms with van der Waals surface area (Å²) in [7, 11) is 0. The summed E-state index contributed by atoms with van der Waals surface area (Å²) >= 11 is 0. The molecule has 3 rings (SSSR count). The van der Waals surface area contributed by atoms with E-state index in [1.165, 1.54) is 6.07 Å². The fraction of sp³-hybridized carbons (Fsp3) is 0.158. The fourth-order valence-corrected chi connectivity index (χ4v) is 2.34. The van der Waals surface area contributed by atoms with Crippen LogP contribution in [0.2, 0.25) is 0 Å². The molecule has 0 N–H and O–H groups in total. The second-order valence-electron chi connectivity index (χ2n) is 5.49. The molecule has 0 amide bonds. The fourth-order valence-electron chi connectivity index (χ4n) is 2.34. The van der Waals surface area contributed by atoms with Crippen molar-refractivity contribution in [3.8, 4) is 11.5 Å². The zero-order chi connectivity index (χ0) is 17.1. The average Bonchev–Trinajstić information content (AvgIpc) is 2.55. The van der Waals surface area contributed by atoms with Crippen LogP contribution in [0.15, 0.2) is 57.7 Å². The van der Waals surface area contributed by atoms with Gasteiger partial charge in [0, 0.05) is 17.5 Å². The van der Waals surface area contributed by atoms with Crippen molar-refractivity contribution in [2.45, 2.75) is 13.8 Å². The molecule has 0 fully saturated rings. The van der Waals surface area contributed by atoms with Crippen molar-refractivity contribution in [3.63, 3.8) is 0 Å². The first-order valence-electron chi connectivity index (χ1n) is 7.46. The lowest BCUT2D eigenvalue weighted by molar-refractivity contribution is -0.136. The topological polar surface area (TPSA) is 65.7 Å². The molecule has 5 nitrogen and oxygen atoms in total. The van der Waals surface area contributed by atoms with Crippen LogP contribution in [0.3, 0.4) is 0 Å². The summed E-state index contributed by atoms with van der Waals surface area (Å²) in [6, 6.07) is 13.6. The summed E-state index contributed by atoms with van der Waals surface area (Å²) in [4.78, 5) is 23.2. The van der Waals surface area contributed by atoms with Crippen LogP contribution in [0, 0.1) is 13.8 Å². The van der Waals surface area contributed by atoms with E-state index >= 15 is 0 Å². The van der Waals surface area contributed by atoms with Crippen LogP contribution in [0.1, 0.15) is 11.1 Å². The van der Waals surface area contributed by atoms with Crippen molar-refractivity contribution in [2.24, 2.45) is 0 Å². The molecule has 0 aliphatic heterocycles. The van der Waals surface area contributed by atoms with Crippen molar-refractivity contribution in [3.05, 3.63) is 70.1 Å². The van der Waals surface area contributed by atoms with Gasteiger partial charge in [0.25, 0.3) is 0 Å². The molecule has 0 aliphatic rings. The Labute approximate surface area is 138 Å². The number of hydrogen-bond acceptors (Lipinski definition) is 5. The number of hydrogen-bond donors (Lipinski definition) is 0. The summed E-state index contributed by atoms with van der Waals surface area (Å²) in [6.45, 7) is 3.61. The zero-order valence-electron chi connectivity index (χ0n) is 13.4. The van der Waals surface area contributed by atoms with Crippen molar-refractivity contribution in [2.75, 3.05) is 6.61 Å². The van der Waals surface area contributed by atoms with Gasteiger partial charge in [0.1, 0.15) is 17.1 Å². The SMILES string of the molecule is Cc1ccc(OC(=O)COc2ccc3ccc(=O)oc3c2)c(C)c1. The Hall–Kier alpha value is -3.08.